The maximum absolute atomic E-state index is 13.8. The van der Waals surface area contributed by atoms with Gasteiger partial charge in [-0.1, -0.05) is 50.6 Å². The van der Waals surface area contributed by atoms with E-state index in [0.29, 0.717) is 33.4 Å². The minimum atomic E-state index is -4.50. The minimum absolute atomic E-state index is 0.0282. The van der Waals surface area contributed by atoms with E-state index in [1.165, 1.54) is 12.1 Å². The molecule has 6 nitrogen and oxygen atoms in total. The lowest BCUT2D eigenvalue weighted by Gasteiger charge is -2.19. The van der Waals surface area contributed by atoms with Gasteiger partial charge in [-0.15, -0.1) is 0 Å². The fraction of sp³-hybridized carbons (Fsp3) is 0.400. The summed E-state index contributed by atoms with van der Waals surface area (Å²) in [5, 5.41) is 5.10. The Bertz CT molecular complexity index is 1410. The standard InChI is InChI=1S/C25H26ClF3N6/c1-24(2,3)21-18(26)20(34(4)33-21)22-30-17-13-16(14-9-5-6-10-15(14)25(27,28)29)31-23(19(17)32-22)35-11-7-8-12-35/h5-6,9-10,13H,7-8,11-12H2,1-4H3,(H,30,32). The van der Waals surface area contributed by atoms with Crippen LogP contribution in [0.15, 0.2) is 30.3 Å². The van der Waals surface area contributed by atoms with Gasteiger partial charge in [0.2, 0.25) is 0 Å². The summed E-state index contributed by atoms with van der Waals surface area (Å²) in [6.07, 6.45) is -2.50. The molecule has 0 aliphatic carbocycles. The molecule has 35 heavy (non-hydrogen) atoms. The lowest BCUT2D eigenvalue weighted by Crippen LogP contribution is -2.19. The molecule has 1 fully saturated rings. The van der Waals surface area contributed by atoms with E-state index in [0.717, 1.165) is 37.7 Å². The molecular formula is C25H26ClF3N6. The summed E-state index contributed by atoms with van der Waals surface area (Å²) in [6, 6.07) is 7.11. The summed E-state index contributed by atoms with van der Waals surface area (Å²) in [5.74, 6) is 1.10. The topological polar surface area (TPSA) is 62.6 Å². The number of pyridine rings is 1. The first-order chi connectivity index (χ1) is 16.4. The summed E-state index contributed by atoms with van der Waals surface area (Å²) in [7, 11) is 1.80. The molecule has 4 aromatic rings. The van der Waals surface area contributed by atoms with E-state index in [4.69, 9.17) is 21.6 Å². The highest BCUT2D eigenvalue weighted by molar-refractivity contribution is 6.33. The van der Waals surface area contributed by atoms with Gasteiger partial charge in [0.25, 0.3) is 0 Å². The number of rotatable bonds is 3. The number of halogens is 4. The van der Waals surface area contributed by atoms with Crippen LogP contribution >= 0.6 is 11.6 Å². The van der Waals surface area contributed by atoms with Crippen LogP contribution in [-0.2, 0) is 18.6 Å². The Morgan fingerprint density at radius 1 is 1.03 bits per heavy atom. The molecule has 1 aliphatic heterocycles. The molecule has 5 rings (SSSR count). The Labute approximate surface area is 206 Å². The number of aryl methyl sites for hydroxylation is 1. The summed E-state index contributed by atoms with van der Waals surface area (Å²) in [6.45, 7) is 7.65. The third-order valence-electron chi connectivity index (χ3n) is 6.29. The first-order valence-electron chi connectivity index (χ1n) is 11.5. The maximum Gasteiger partial charge on any atom is 0.417 e. The van der Waals surface area contributed by atoms with E-state index >= 15 is 0 Å². The number of aromatic amines is 1. The van der Waals surface area contributed by atoms with Gasteiger partial charge in [0, 0.05) is 31.1 Å². The van der Waals surface area contributed by atoms with Crippen molar-refractivity contribution in [1.29, 1.82) is 0 Å². The molecule has 0 radical (unpaired) electrons. The van der Waals surface area contributed by atoms with Gasteiger partial charge in [-0.3, -0.25) is 4.68 Å². The van der Waals surface area contributed by atoms with Crippen molar-refractivity contribution in [1.82, 2.24) is 24.7 Å². The van der Waals surface area contributed by atoms with Crippen LogP contribution in [0.25, 0.3) is 33.8 Å². The number of aromatic nitrogens is 5. The zero-order valence-electron chi connectivity index (χ0n) is 20.0. The molecule has 0 atom stereocenters. The van der Waals surface area contributed by atoms with E-state index in [-0.39, 0.29) is 16.7 Å². The van der Waals surface area contributed by atoms with E-state index in [2.05, 4.69) is 15.0 Å². The van der Waals surface area contributed by atoms with Crippen LogP contribution in [0.5, 0.6) is 0 Å². The summed E-state index contributed by atoms with van der Waals surface area (Å²) in [4.78, 5) is 14.9. The summed E-state index contributed by atoms with van der Waals surface area (Å²) < 4.78 is 43.0. The predicted molar refractivity (Wildman–Crippen MR) is 132 cm³/mol. The molecule has 10 heteroatoms. The fourth-order valence-corrected chi connectivity index (χ4v) is 5.12. The Morgan fingerprint density at radius 2 is 1.71 bits per heavy atom. The maximum atomic E-state index is 13.8. The van der Waals surface area contributed by atoms with Gasteiger partial charge in [0.15, 0.2) is 11.6 Å². The quantitative estimate of drug-likeness (QED) is 0.343. The molecule has 4 heterocycles. The molecule has 1 saturated heterocycles. The monoisotopic (exact) mass is 502 g/mol. The van der Waals surface area contributed by atoms with Gasteiger partial charge in [-0.2, -0.15) is 18.3 Å². The third-order valence-corrected chi connectivity index (χ3v) is 6.65. The van der Waals surface area contributed by atoms with E-state index in [9.17, 15) is 13.2 Å². The number of imidazole rings is 1. The Hall–Kier alpha value is -3.07. The molecule has 1 N–H and O–H groups in total. The van der Waals surface area contributed by atoms with Crippen molar-refractivity contribution < 1.29 is 13.2 Å². The number of nitrogens with zero attached hydrogens (tertiary/aromatic N) is 5. The van der Waals surface area contributed by atoms with Crippen LogP contribution in [0.2, 0.25) is 5.02 Å². The van der Waals surface area contributed by atoms with Crippen molar-refractivity contribution in [3.8, 4) is 22.8 Å². The lowest BCUT2D eigenvalue weighted by molar-refractivity contribution is -0.137. The van der Waals surface area contributed by atoms with Gasteiger partial charge >= 0.3 is 6.18 Å². The van der Waals surface area contributed by atoms with Crippen LogP contribution in [0.3, 0.4) is 0 Å². The van der Waals surface area contributed by atoms with Crippen molar-refractivity contribution in [2.75, 3.05) is 18.0 Å². The molecule has 1 aliphatic rings. The zero-order chi connectivity index (χ0) is 25.1. The summed E-state index contributed by atoms with van der Waals surface area (Å²) in [5.41, 5.74) is 1.84. The number of benzene rings is 1. The lowest BCUT2D eigenvalue weighted by atomic mass is 9.92. The van der Waals surface area contributed by atoms with E-state index in [1.54, 1.807) is 23.9 Å². The number of alkyl halides is 3. The van der Waals surface area contributed by atoms with Crippen molar-refractivity contribution in [3.63, 3.8) is 0 Å². The van der Waals surface area contributed by atoms with Crippen molar-refractivity contribution in [2.24, 2.45) is 7.05 Å². The number of anilines is 1. The molecular weight excluding hydrogens is 477 g/mol. The number of nitrogens with one attached hydrogen (secondary N) is 1. The molecule has 3 aromatic heterocycles. The largest absolute Gasteiger partial charge is 0.417 e. The molecule has 0 saturated carbocycles. The predicted octanol–water partition coefficient (Wildman–Crippen LogP) is 6.60. The average Bonchev–Trinajstić information content (AvgIpc) is 3.51. The minimum Gasteiger partial charge on any atom is -0.355 e. The Balaban J connectivity index is 1.74. The van der Waals surface area contributed by atoms with Gasteiger partial charge in [0.05, 0.1) is 27.5 Å². The second kappa shape index (κ2) is 8.26. The molecule has 0 spiro atoms. The van der Waals surface area contributed by atoms with Gasteiger partial charge in [-0.05, 0) is 25.0 Å². The number of hydrogen-bond acceptors (Lipinski definition) is 4. The Kier molecular flexibility index (Phi) is 5.58. The first-order valence-corrected chi connectivity index (χ1v) is 11.9. The second-order valence-corrected chi connectivity index (χ2v) is 10.3. The number of hydrogen-bond donors (Lipinski definition) is 1. The highest BCUT2D eigenvalue weighted by Gasteiger charge is 2.34. The Morgan fingerprint density at radius 3 is 2.34 bits per heavy atom. The fourth-order valence-electron chi connectivity index (χ4n) is 4.59. The van der Waals surface area contributed by atoms with Crippen LogP contribution < -0.4 is 4.90 Å². The number of H-pyrrole nitrogens is 1. The smallest absolute Gasteiger partial charge is 0.355 e. The van der Waals surface area contributed by atoms with E-state index < -0.39 is 11.7 Å². The highest BCUT2D eigenvalue weighted by atomic mass is 35.5. The second-order valence-electron chi connectivity index (χ2n) is 9.93. The zero-order valence-corrected chi connectivity index (χ0v) is 20.7. The van der Waals surface area contributed by atoms with Gasteiger partial charge in [-0.25, -0.2) is 9.97 Å². The van der Waals surface area contributed by atoms with Gasteiger partial charge in [0.1, 0.15) is 11.2 Å². The molecule has 0 unspecified atom stereocenters. The highest BCUT2D eigenvalue weighted by Crippen LogP contribution is 2.40. The average molecular weight is 503 g/mol. The SMILES string of the molecule is Cn1nc(C(C)(C)C)c(Cl)c1-c1nc2cc(-c3ccccc3C(F)(F)F)nc(N3CCCC3)c2[nH]1. The normalized spacial score (nSPS) is 14.9. The van der Waals surface area contributed by atoms with Gasteiger partial charge < -0.3 is 9.88 Å². The molecule has 0 amide bonds. The van der Waals surface area contributed by atoms with Crippen LogP contribution in [-0.4, -0.2) is 37.8 Å². The van der Waals surface area contributed by atoms with Crippen molar-refractivity contribution in [3.05, 3.63) is 46.6 Å². The van der Waals surface area contributed by atoms with Crippen LogP contribution in [0.4, 0.5) is 19.0 Å². The third kappa shape index (κ3) is 4.16. The van der Waals surface area contributed by atoms with Crippen molar-refractivity contribution >= 4 is 28.5 Å². The van der Waals surface area contributed by atoms with Crippen molar-refractivity contribution in [2.45, 2.75) is 45.2 Å². The molecule has 1 aromatic carbocycles. The van der Waals surface area contributed by atoms with Crippen LogP contribution in [0, 0.1) is 0 Å². The number of fused-ring (bicyclic) bond motifs is 1. The molecule has 184 valence electrons. The summed E-state index contributed by atoms with van der Waals surface area (Å²) >= 11 is 6.75. The molecule has 0 bridgehead atoms. The first kappa shape index (κ1) is 23.7. The van der Waals surface area contributed by atoms with E-state index in [1.807, 2.05) is 20.8 Å². The van der Waals surface area contributed by atoms with Crippen LogP contribution in [0.1, 0.15) is 44.9 Å².